The minimum absolute atomic E-state index is 0. The van der Waals surface area contributed by atoms with E-state index in [9.17, 15) is 13.6 Å². The number of carbonyl (C=O) groups excluding carboxylic acids is 1. The highest BCUT2D eigenvalue weighted by molar-refractivity contribution is 5.94. The monoisotopic (exact) mass is 410 g/mol. The van der Waals surface area contributed by atoms with Gasteiger partial charge in [0, 0.05) is 24.7 Å². The molecule has 0 atom stereocenters. The Bertz CT molecular complexity index is 778. The van der Waals surface area contributed by atoms with E-state index in [4.69, 9.17) is 4.74 Å². The van der Waals surface area contributed by atoms with Gasteiger partial charge in [-0.2, -0.15) is 0 Å². The number of nitrogens with one attached hydrogen (secondary N) is 1. The van der Waals surface area contributed by atoms with Gasteiger partial charge in [-0.15, -0.1) is 12.4 Å². The molecule has 1 aliphatic rings. The van der Waals surface area contributed by atoms with Crippen LogP contribution in [0.25, 0.3) is 0 Å². The summed E-state index contributed by atoms with van der Waals surface area (Å²) in [5.41, 5.74) is 0.595. The molecule has 0 bridgehead atoms. The van der Waals surface area contributed by atoms with Gasteiger partial charge in [0.2, 0.25) is 0 Å². The standard InChI is InChI=1S/C21H24F2N2O2.ClH/c1-2-24-14-15-9-11-25(12-10-15)21(26)16-3-5-17(6-4-16)27-18-7-8-19(22)20(23)13-18;/h3-8,13,15,24H,2,9-12,14H2,1H3;1H. The lowest BCUT2D eigenvalue weighted by Crippen LogP contribution is -2.40. The smallest absolute Gasteiger partial charge is 0.253 e. The molecule has 2 aromatic carbocycles. The number of halogens is 3. The second kappa shape index (κ2) is 10.4. The highest BCUT2D eigenvalue weighted by Crippen LogP contribution is 2.24. The first-order chi connectivity index (χ1) is 13.1. The number of rotatable bonds is 6. The van der Waals surface area contributed by atoms with Crippen molar-refractivity contribution in [3.63, 3.8) is 0 Å². The van der Waals surface area contributed by atoms with Crippen molar-refractivity contribution in [1.82, 2.24) is 10.2 Å². The van der Waals surface area contributed by atoms with Gasteiger partial charge in [-0.3, -0.25) is 4.79 Å². The van der Waals surface area contributed by atoms with E-state index in [0.29, 0.717) is 17.2 Å². The molecular weight excluding hydrogens is 386 g/mol. The Labute approximate surface area is 170 Å². The molecule has 1 saturated heterocycles. The zero-order valence-electron chi connectivity index (χ0n) is 15.8. The quantitative estimate of drug-likeness (QED) is 0.754. The van der Waals surface area contributed by atoms with E-state index in [1.807, 2.05) is 4.90 Å². The first-order valence-corrected chi connectivity index (χ1v) is 9.29. The van der Waals surface area contributed by atoms with Gasteiger partial charge >= 0.3 is 0 Å². The van der Waals surface area contributed by atoms with Crippen LogP contribution in [0, 0.1) is 17.6 Å². The third-order valence-electron chi connectivity index (χ3n) is 4.81. The Morgan fingerprint density at radius 3 is 2.32 bits per heavy atom. The van der Waals surface area contributed by atoms with E-state index < -0.39 is 11.6 Å². The molecule has 0 unspecified atom stereocenters. The van der Waals surface area contributed by atoms with Crippen molar-refractivity contribution in [3.05, 3.63) is 59.7 Å². The Balaban J connectivity index is 0.00000280. The summed E-state index contributed by atoms with van der Waals surface area (Å²) < 4.78 is 31.7. The third-order valence-corrected chi connectivity index (χ3v) is 4.81. The molecule has 1 heterocycles. The zero-order chi connectivity index (χ0) is 19.2. The average molecular weight is 411 g/mol. The molecule has 1 N–H and O–H groups in total. The van der Waals surface area contributed by atoms with Crippen molar-refractivity contribution in [2.45, 2.75) is 19.8 Å². The minimum atomic E-state index is -0.961. The molecule has 2 aromatic rings. The number of benzene rings is 2. The van der Waals surface area contributed by atoms with Crippen molar-refractivity contribution >= 4 is 18.3 Å². The first-order valence-electron chi connectivity index (χ1n) is 9.29. The molecule has 28 heavy (non-hydrogen) atoms. The normalized spacial score (nSPS) is 14.5. The van der Waals surface area contributed by atoms with Crippen LogP contribution in [0.15, 0.2) is 42.5 Å². The second-order valence-electron chi connectivity index (χ2n) is 6.75. The molecule has 7 heteroatoms. The number of nitrogens with zero attached hydrogens (tertiary/aromatic N) is 1. The molecule has 3 rings (SSSR count). The van der Waals surface area contributed by atoms with Crippen LogP contribution in [0.1, 0.15) is 30.1 Å². The van der Waals surface area contributed by atoms with Crippen molar-refractivity contribution in [3.8, 4) is 11.5 Å². The van der Waals surface area contributed by atoms with Crippen molar-refractivity contribution in [2.24, 2.45) is 5.92 Å². The van der Waals surface area contributed by atoms with Gasteiger partial charge in [0.25, 0.3) is 5.91 Å². The fourth-order valence-electron chi connectivity index (χ4n) is 3.21. The lowest BCUT2D eigenvalue weighted by Gasteiger charge is -2.32. The molecule has 152 valence electrons. The molecule has 0 aromatic heterocycles. The molecule has 4 nitrogen and oxygen atoms in total. The van der Waals surface area contributed by atoms with Gasteiger partial charge in [-0.1, -0.05) is 6.92 Å². The molecule has 0 spiro atoms. The van der Waals surface area contributed by atoms with Gasteiger partial charge in [0.05, 0.1) is 0 Å². The maximum atomic E-state index is 13.2. The lowest BCUT2D eigenvalue weighted by atomic mass is 9.96. The number of amides is 1. The largest absolute Gasteiger partial charge is 0.457 e. The lowest BCUT2D eigenvalue weighted by molar-refractivity contribution is 0.0690. The van der Waals surface area contributed by atoms with E-state index in [0.717, 1.165) is 51.2 Å². The van der Waals surface area contributed by atoms with Gasteiger partial charge in [-0.25, -0.2) is 8.78 Å². The third kappa shape index (κ3) is 5.66. The molecular formula is C21H25ClF2N2O2. The van der Waals surface area contributed by atoms with E-state index in [1.54, 1.807) is 24.3 Å². The fourth-order valence-corrected chi connectivity index (χ4v) is 3.21. The predicted octanol–water partition coefficient (Wildman–Crippen LogP) is 4.64. The predicted molar refractivity (Wildman–Crippen MR) is 107 cm³/mol. The van der Waals surface area contributed by atoms with Crippen molar-refractivity contribution < 1.29 is 18.3 Å². The molecule has 1 aliphatic heterocycles. The summed E-state index contributed by atoms with van der Waals surface area (Å²) in [5.74, 6) is -0.579. The maximum absolute atomic E-state index is 13.2. The maximum Gasteiger partial charge on any atom is 0.253 e. The van der Waals surface area contributed by atoms with E-state index in [2.05, 4.69) is 12.2 Å². The van der Waals surface area contributed by atoms with E-state index >= 15 is 0 Å². The summed E-state index contributed by atoms with van der Waals surface area (Å²) in [4.78, 5) is 14.5. The van der Waals surface area contributed by atoms with Crippen LogP contribution in [0.4, 0.5) is 8.78 Å². The highest BCUT2D eigenvalue weighted by Gasteiger charge is 2.23. The SMILES string of the molecule is CCNCC1CCN(C(=O)c2ccc(Oc3ccc(F)c(F)c3)cc2)CC1.Cl. The Kier molecular flexibility index (Phi) is 8.20. The highest BCUT2D eigenvalue weighted by atomic mass is 35.5. The summed E-state index contributed by atoms with van der Waals surface area (Å²) in [6.45, 7) is 5.61. The summed E-state index contributed by atoms with van der Waals surface area (Å²) in [6.07, 6.45) is 2.02. The van der Waals surface area contributed by atoms with Crippen LogP contribution < -0.4 is 10.1 Å². The number of ether oxygens (including phenoxy) is 1. The molecule has 1 amide bonds. The first kappa shape index (κ1) is 22.1. The number of carbonyl (C=O) groups is 1. The Morgan fingerprint density at radius 1 is 1.07 bits per heavy atom. The zero-order valence-corrected chi connectivity index (χ0v) is 16.6. The summed E-state index contributed by atoms with van der Waals surface area (Å²) in [5, 5.41) is 3.36. The van der Waals surface area contributed by atoms with Crippen molar-refractivity contribution in [2.75, 3.05) is 26.2 Å². The Hall–Kier alpha value is -2.18. The topological polar surface area (TPSA) is 41.6 Å². The molecule has 0 aliphatic carbocycles. The molecule has 1 fully saturated rings. The molecule has 0 saturated carbocycles. The van der Waals surface area contributed by atoms with Gasteiger partial charge in [0.1, 0.15) is 11.5 Å². The van der Waals surface area contributed by atoms with Crippen LogP contribution in [0.2, 0.25) is 0 Å². The summed E-state index contributed by atoms with van der Waals surface area (Å²) >= 11 is 0. The summed E-state index contributed by atoms with van der Waals surface area (Å²) in [7, 11) is 0. The molecule has 0 radical (unpaired) electrons. The van der Waals surface area contributed by atoms with Crippen molar-refractivity contribution in [1.29, 1.82) is 0 Å². The van der Waals surface area contributed by atoms with Gasteiger partial charge in [-0.05, 0) is 68.2 Å². The van der Waals surface area contributed by atoms with E-state index in [-0.39, 0.29) is 24.1 Å². The average Bonchev–Trinajstić information content (AvgIpc) is 2.70. The number of piperidine rings is 1. The number of hydrogen-bond donors (Lipinski definition) is 1. The minimum Gasteiger partial charge on any atom is -0.457 e. The number of likely N-dealkylation sites (tertiary alicyclic amines) is 1. The van der Waals surface area contributed by atoms with Crippen LogP contribution in [0.5, 0.6) is 11.5 Å². The van der Waals surface area contributed by atoms with Crippen LogP contribution in [-0.4, -0.2) is 37.0 Å². The Morgan fingerprint density at radius 2 is 1.71 bits per heavy atom. The van der Waals surface area contributed by atoms with Crippen LogP contribution in [0.3, 0.4) is 0 Å². The number of hydrogen-bond acceptors (Lipinski definition) is 3. The van der Waals surface area contributed by atoms with Gasteiger partial charge < -0.3 is 15.0 Å². The van der Waals surface area contributed by atoms with E-state index in [1.165, 1.54) is 6.07 Å². The van der Waals surface area contributed by atoms with Crippen LogP contribution >= 0.6 is 12.4 Å². The second-order valence-corrected chi connectivity index (χ2v) is 6.75. The summed E-state index contributed by atoms with van der Waals surface area (Å²) in [6, 6.07) is 10.1. The fraction of sp³-hybridized carbons (Fsp3) is 0.381. The van der Waals surface area contributed by atoms with Gasteiger partial charge in [0.15, 0.2) is 11.6 Å². The van der Waals surface area contributed by atoms with Crippen LogP contribution in [-0.2, 0) is 0 Å².